The second-order valence-electron chi connectivity index (χ2n) is 9.14. The molecule has 2 amide bonds. The highest BCUT2D eigenvalue weighted by molar-refractivity contribution is 5.96. The molecule has 9 nitrogen and oxygen atoms in total. The van der Waals surface area contributed by atoms with Crippen LogP contribution < -0.4 is 15.4 Å². The van der Waals surface area contributed by atoms with E-state index in [2.05, 4.69) is 15.7 Å². The first kappa shape index (κ1) is 27.7. The molecule has 39 heavy (non-hydrogen) atoms. The average molecular weight is 545 g/mol. The normalized spacial score (nSPS) is 17.3. The van der Waals surface area contributed by atoms with Crippen molar-refractivity contribution in [2.45, 2.75) is 38.0 Å². The number of carboxylic acids is 1. The molecule has 206 valence electrons. The van der Waals surface area contributed by atoms with E-state index in [1.54, 1.807) is 54.6 Å². The Balaban J connectivity index is 1.26. The number of halogens is 3. The van der Waals surface area contributed by atoms with Crippen molar-refractivity contribution in [1.29, 1.82) is 0 Å². The molecular formula is C27H27F3N4O5. The Kier molecular flexibility index (Phi) is 8.52. The molecule has 1 fully saturated rings. The van der Waals surface area contributed by atoms with Crippen molar-refractivity contribution >= 4 is 17.8 Å². The predicted molar refractivity (Wildman–Crippen MR) is 134 cm³/mol. The molecule has 3 N–H and O–H groups in total. The van der Waals surface area contributed by atoms with E-state index in [1.165, 1.54) is 0 Å². The van der Waals surface area contributed by atoms with Gasteiger partial charge in [-0.15, -0.1) is 0 Å². The summed E-state index contributed by atoms with van der Waals surface area (Å²) in [7, 11) is 0. The standard InChI is InChI=1S/C27H27F3N4O5/c28-27(29,30)23-22(16-34(33-23)19-4-2-1-3-5-19)25(36)32-15-14-31-24(35)17-6-10-20(11-7-17)39-21-12-8-18(9-13-21)26(37)38/h1-7,10-11,16,18,21H,8-9,12-15H2,(H,31,35)(H,32,36)(H,37,38). The van der Waals surface area contributed by atoms with Gasteiger partial charge in [0.1, 0.15) is 5.75 Å². The first-order valence-corrected chi connectivity index (χ1v) is 12.4. The van der Waals surface area contributed by atoms with Crippen LogP contribution in [0, 0.1) is 5.92 Å². The molecule has 0 spiro atoms. The third-order valence-corrected chi connectivity index (χ3v) is 6.39. The molecular weight excluding hydrogens is 517 g/mol. The maximum Gasteiger partial charge on any atom is 0.435 e. The zero-order chi connectivity index (χ0) is 28.0. The fraction of sp³-hybridized carbons (Fsp3) is 0.333. The van der Waals surface area contributed by atoms with E-state index in [0.717, 1.165) is 10.9 Å². The molecule has 2 aromatic carbocycles. The molecule has 0 atom stereocenters. The van der Waals surface area contributed by atoms with Crippen molar-refractivity contribution < 1.29 is 37.4 Å². The van der Waals surface area contributed by atoms with Crippen molar-refractivity contribution in [2.24, 2.45) is 5.92 Å². The Bertz CT molecular complexity index is 1300. The Morgan fingerprint density at radius 3 is 2.13 bits per heavy atom. The lowest BCUT2D eigenvalue weighted by Gasteiger charge is -2.26. The average Bonchev–Trinajstić information content (AvgIpc) is 3.39. The van der Waals surface area contributed by atoms with Crippen molar-refractivity contribution in [3.05, 3.63) is 77.6 Å². The summed E-state index contributed by atoms with van der Waals surface area (Å²) in [5.74, 6) is -1.94. The Labute approximate surface area is 222 Å². The van der Waals surface area contributed by atoms with Crippen LogP contribution in [0.2, 0.25) is 0 Å². The molecule has 0 radical (unpaired) electrons. The van der Waals surface area contributed by atoms with E-state index < -0.39 is 35.2 Å². The van der Waals surface area contributed by atoms with Crippen LogP contribution in [0.1, 0.15) is 52.1 Å². The van der Waals surface area contributed by atoms with Crippen LogP contribution in [0.4, 0.5) is 13.2 Å². The van der Waals surface area contributed by atoms with Gasteiger partial charge in [-0.05, 0) is 62.1 Å². The van der Waals surface area contributed by atoms with E-state index in [9.17, 15) is 27.6 Å². The number of carbonyl (C=O) groups is 3. The zero-order valence-electron chi connectivity index (χ0n) is 20.8. The number of amides is 2. The smallest absolute Gasteiger partial charge is 0.435 e. The van der Waals surface area contributed by atoms with E-state index >= 15 is 0 Å². The molecule has 0 unspecified atom stereocenters. The summed E-state index contributed by atoms with van der Waals surface area (Å²) in [6.07, 6.45) is -1.48. The number of nitrogens with one attached hydrogen (secondary N) is 2. The van der Waals surface area contributed by atoms with Crippen LogP contribution in [0.15, 0.2) is 60.8 Å². The van der Waals surface area contributed by atoms with Gasteiger partial charge < -0.3 is 20.5 Å². The Morgan fingerprint density at radius 1 is 0.923 bits per heavy atom. The van der Waals surface area contributed by atoms with Crippen LogP contribution in [-0.4, -0.2) is 51.9 Å². The number of para-hydroxylation sites is 1. The van der Waals surface area contributed by atoms with Crippen molar-refractivity contribution in [2.75, 3.05) is 13.1 Å². The van der Waals surface area contributed by atoms with Gasteiger partial charge in [-0.25, -0.2) is 4.68 Å². The van der Waals surface area contributed by atoms with E-state index in [4.69, 9.17) is 9.84 Å². The number of alkyl halides is 3. The largest absolute Gasteiger partial charge is 0.490 e. The summed E-state index contributed by atoms with van der Waals surface area (Å²) in [4.78, 5) is 36.0. The van der Waals surface area contributed by atoms with Gasteiger partial charge in [-0.2, -0.15) is 18.3 Å². The van der Waals surface area contributed by atoms with Gasteiger partial charge in [0, 0.05) is 24.8 Å². The maximum absolute atomic E-state index is 13.5. The fourth-order valence-electron chi connectivity index (χ4n) is 4.32. The summed E-state index contributed by atoms with van der Waals surface area (Å²) in [5.41, 5.74) is -1.21. The number of rotatable bonds is 9. The Hall–Kier alpha value is -4.35. The fourth-order valence-corrected chi connectivity index (χ4v) is 4.32. The molecule has 0 saturated heterocycles. The third-order valence-electron chi connectivity index (χ3n) is 6.39. The summed E-state index contributed by atoms with van der Waals surface area (Å²) in [6.45, 7) is -0.109. The lowest BCUT2D eigenvalue weighted by atomic mass is 9.87. The topological polar surface area (TPSA) is 123 Å². The molecule has 1 saturated carbocycles. The highest BCUT2D eigenvalue weighted by Gasteiger charge is 2.39. The van der Waals surface area contributed by atoms with Gasteiger partial charge in [-0.1, -0.05) is 18.2 Å². The first-order chi connectivity index (χ1) is 18.6. The van der Waals surface area contributed by atoms with Gasteiger partial charge >= 0.3 is 12.1 Å². The van der Waals surface area contributed by atoms with Gasteiger partial charge in [0.05, 0.1) is 23.3 Å². The van der Waals surface area contributed by atoms with Crippen molar-refractivity contribution in [1.82, 2.24) is 20.4 Å². The van der Waals surface area contributed by atoms with Crippen LogP contribution in [0.3, 0.4) is 0 Å². The van der Waals surface area contributed by atoms with Gasteiger partial charge in [0.15, 0.2) is 5.69 Å². The quantitative estimate of drug-likeness (QED) is 0.349. The van der Waals surface area contributed by atoms with E-state index in [-0.39, 0.29) is 25.1 Å². The molecule has 1 aromatic heterocycles. The second kappa shape index (κ2) is 12.0. The summed E-state index contributed by atoms with van der Waals surface area (Å²) in [5, 5.41) is 17.6. The van der Waals surface area contributed by atoms with Crippen LogP contribution >= 0.6 is 0 Å². The maximum atomic E-state index is 13.5. The number of carbonyl (C=O) groups excluding carboxylic acids is 2. The minimum Gasteiger partial charge on any atom is -0.490 e. The molecule has 1 heterocycles. The number of benzene rings is 2. The summed E-state index contributed by atoms with van der Waals surface area (Å²) >= 11 is 0. The molecule has 1 aliphatic carbocycles. The predicted octanol–water partition coefficient (Wildman–Crippen LogP) is 4.07. The lowest BCUT2D eigenvalue weighted by Crippen LogP contribution is -2.35. The van der Waals surface area contributed by atoms with Gasteiger partial charge in [0.25, 0.3) is 11.8 Å². The SMILES string of the molecule is O=C(NCCNC(=O)c1cn(-c2ccccc2)nc1C(F)(F)F)c1ccc(OC2CCC(C(=O)O)CC2)cc1. The number of aliphatic carboxylic acids is 1. The number of aromatic nitrogens is 2. The monoisotopic (exact) mass is 544 g/mol. The number of hydrogen-bond acceptors (Lipinski definition) is 5. The molecule has 12 heteroatoms. The highest BCUT2D eigenvalue weighted by atomic mass is 19.4. The number of hydrogen-bond donors (Lipinski definition) is 3. The van der Waals surface area contributed by atoms with Crippen LogP contribution in [0.25, 0.3) is 5.69 Å². The zero-order valence-corrected chi connectivity index (χ0v) is 20.8. The van der Waals surface area contributed by atoms with Crippen molar-refractivity contribution in [3.63, 3.8) is 0 Å². The van der Waals surface area contributed by atoms with Gasteiger partial charge in [-0.3, -0.25) is 14.4 Å². The molecule has 1 aliphatic rings. The highest BCUT2D eigenvalue weighted by Crippen LogP contribution is 2.31. The summed E-state index contributed by atoms with van der Waals surface area (Å²) < 4.78 is 47.3. The molecule has 3 aromatic rings. The minimum atomic E-state index is -4.82. The van der Waals surface area contributed by atoms with Crippen LogP contribution in [-0.2, 0) is 11.0 Å². The summed E-state index contributed by atoms with van der Waals surface area (Å²) in [6, 6.07) is 14.5. The molecule has 4 rings (SSSR count). The second-order valence-corrected chi connectivity index (χ2v) is 9.14. The molecule has 0 bridgehead atoms. The van der Waals surface area contributed by atoms with Crippen molar-refractivity contribution in [3.8, 4) is 11.4 Å². The van der Waals surface area contributed by atoms with E-state index in [0.29, 0.717) is 42.7 Å². The first-order valence-electron chi connectivity index (χ1n) is 12.4. The van der Waals surface area contributed by atoms with E-state index in [1.807, 2.05) is 0 Å². The van der Waals surface area contributed by atoms with Crippen LogP contribution in [0.5, 0.6) is 5.75 Å². The number of carboxylic acid groups (broad SMARTS) is 1. The third kappa shape index (κ3) is 7.15. The number of nitrogens with zero attached hydrogens (tertiary/aromatic N) is 2. The lowest BCUT2D eigenvalue weighted by molar-refractivity contribution is -0.143. The molecule has 0 aliphatic heterocycles. The van der Waals surface area contributed by atoms with Gasteiger partial charge in [0.2, 0.25) is 0 Å². The minimum absolute atomic E-state index is 0.0101. The Morgan fingerprint density at radius 2 is 1.54 bits per heavy atom. The number of ether oxygens (including phenoxy) is 1.